The zero-order valence-corrected chi connectivity index (χ0v) is 17.7. The van der Waals surface area contributed by atoms with E-state index in [1.807, 2.05) is 0 Å². The van der Waals surface area contributed by atoms with E-state index in [2.05, 4.69) is 78.5 Å². The molecule has 1 aromatic heterocycles. The molecule has 3 nitrogen and oxygen atoms in total. The van der Waals surface area contributed by atoms with E-state index in [1.54, 1.807) is 0 Å². The molecule has 1 atom stereocenters. The van der Waals surface area contributed by atoms with Crippen LogP contribution in [0.5, 0.6) is 0 Å². The van der Waals surface area contributed by atoms with Crippen molar-refractivity contribution < 1.29 is 4.79 Å². The Labute approximate surface area is 174 Å². The van der Waals surface area contributed by atoms with Gasteiger partial charge < -0.3 is 9.88 Å². The molecule has 1 N–H and O–H groups in total. The molecule has 0 unspecified atom stereocenters. The fraction of sp³-hybridized carbons (Fsp3) is 0.423. The molecule has 4 rings (SSSR count). The number of amides is 1. The van der Waals surface area contributed by atoms with E-state index in [0.29, 0.717) is 12.5 Å². The predicted octanol–water partition coefficient (Wildman–Crippen LogP) is 5.94. The zero-order chi connectivity index (χ0) is 20.2. The van der Waals surface area contributed by atoms with Crippen molar-refractivity contribution in [2.24, 2.45) is 0 Å². The number of hydrogen-bond donors (Lipinski definition) is 1. The van der Waals surface area contributed by atoms with Crippen LogP contribution in [-0.4, -0.2) is 16.5 Å². The van der Waals surface area contributed by atoms with Crippen LogP contribution in [0.4, 0.5) is 0 Å². The molecule has 0 bridgehead atoms. The first-order valence-corrected chi connectivity index (χ1v) is 11.1. The highest BCUT2D eigenvalue weighted by atomic mass is 16.1. The molecular weight excluding hydrogens is 356 g/mol. The predicted molar refractivity (Wildman–Crippen MR) is 120 cm³/mol. The number of fused-ring (bicyclic) bond motifs is 1. The van der Waals surface area contributed by atoms with E-state index in [-0.39, 0.29) is 11.8 Å². The van der Waals surface area contributed by atoms with Crippen LogP contribution in [0.15, 0.2) is 54.7 Å². The van der Waals surface area contributed by atoms with Gasteiger partial charge in [-0.1, -0.05) is 67.3 Å². The van der Waals surface area contributed by atoms with Crippen LogP contribution in [0.3, 0.4) is 0 Å². The first-order valence-electron chi connectivity index (χ1n) is 11.1. The van der Waals surface area contributed by atoms with E-state index in [1.165, 1.54) is 46.9 Å². The van der Waals surface area contributed by atoms with E-state index < -0.39 is 0 Å². The summed E-state index contributed by atoms with van der Waals surface area (Å²) in [7, 11) is 0. The highest BCUT2D eigenvalue weighted by molar-refractivity contribution is 5.86. The topological polar surface area (TPSA) is 34.0 Å². The molecule has 3 aromatic rings. The van der Waals surface area contributed by atoms with Crippen molar-refractivity contribution in [2.45, 2.75) is 70.9 Å². The second kappa shape index (κ2) is 8.86. The molecule has 3 heteroatoms. The third-order valence-electron chi connectivity index (χ3n) is 6.34. The lowest BCUT2D eigenvalue weighted by molar-refractivity contribution is -0.122. The van der Waals surface area contributed by atoms with E-state index >= 15 is 0 Å². The summed E-state index contributed by atoms with van der Waals surface area (Å²) in [6, 6.07) is 17.5. The van der Waals surface area contributed by atoms with Crippen molar-refractivity contribution in [1.82, 2.24) is 9.88 Å². The molecule has 0 spiro atoms. The second-order valence-corrected chi connectivity index (χ2v) is 8.46. The molecule has 152 valence electrons. The van der Waals surface area contributed by atoms with E-state index in [0.717, 1.165) is 19.4 Å². The first kappa shape index (κ1) is 19.8. The molecule has 1 aliphatic carbocycles. The number of para-hydroxylation sites is 1. The van der Waals surface area contributed by atoms with Crippen LogP contribution in [0.25, 0.3) is 10.9 Å². The SMILES string of the molecule is CCn1cc([C@@H](CC(=O)NC2CCCCC2)c2cccc(C)c2)c2ccccc21. The van der Waals surface area contributed by atoms with Gasteiger partial charge in [0.1, 0.15) is 0 Å². The number of nitrogens with one attached hydrogen (secondary N) is 1. The molecule has 1 heterocycles. The fourth-order valence-electron chi connectivity index (χ4n) is 4.83. The van der Waals surface area contributed by atoms with Gasteiger partial charge in [-0.3, -0.25) is 4.79 Å². The summed E-state index contributed by atoms with van der Waals surface area (Å²) in [6.45, 7) is 5.22. The summed E-state index contributed by atoms with van der Waals surface area (Å²) >= 11 is 0. The summed E-state index contributed by atoms with van der Waals surface area (Å²) in [5, 5.41) is 4.58. The van der Waals surface area contributed by atoms with E-state index in [9.17, 15) is 4.79 Å². The maximum absolute atomic E-state index is 13.0. The molecule has 0 saturated heterocycles. The van der Waals surface area contributed by atoms with Crippen LogP contribution in [0, 0.1) is 6.92 Å². The first-order chi connectivity index (χ1) is 14.2. The van der Waals surface area contributed by atoms with Gasteiger partial charge in [0.15, 0.2) is 0 Å². The quantitative estimate of drug-likeness (QED) is 0.557. The van der Waals surface area contributed by atoms with Crippen molar-refractivity contribution >= 4 is 16.8 Å². The van der Waals surface area contributed by atoms with E-state index in [4.69, 9.17) is 0 Å². The number of hydrogen-bond acceptors (Lipinski definition) is 1. The molecule has 0 radical (unpaired) electrons. The number of carbonyl (C=O) groups excluding carboxylic acids is 1. The Morgan fingerprint density at radius 1 is 1.10 bits per heavy atom. The Bertz CT molecular complexity index is 981. The molecule has 1 fully saturated rings. The van der Waals surface area contributed by atoms with Gasteiger partial charge in [0.25, 0.3) is 0 Å². The Balaban J connectivity index is 1.69. The number of rotatable bonds is 6. The fourth-order valence-corrected chi connectivity index (χ4v) is 4.83. The van der Waals surface area contributed by atoms with Gasteiger partial charge in [-0.05, 0) is 43.9 Å². The number of aromatic nitrogens is 1. The Kier molecular flexibility index (Phi) is 6.03. The third kappa shape index (κ3) is 4.39. The molecular formula is C26H32N2O. The van der Waals surface area contributed by atoms with Crippen molar-refractivity contribution in [1.29, 1.82) is 0 Å². The summed E-state index contributed by atoms with van der Waals surface area (Å²) in [4.78, 5) is 13.0. The second-order valence-electron chi connectivity index (χ2n) is 8.46. The summed E-state index contributed by atoms with van der Waals surface area (Å²) in [5.74, 6) is 0.243. The van der Waals surface area contributed by atoms with Crippen LogP contribution in [0.1, 0.15) is 68.1 Å². The lowest BCUT2D eigenvalue weighted by Gasteiger charge is -2.24. The lowest BCUT2D eigenvalue weighted by Crippen LogP contribution is -2.36. The Hall–Kier alpha value is -2.55. The average molecular weight is 389 g/mol. The smallest absolute Gasteiger partial charge is 0.221 e. The maximum Gasteiger partial charge on any atom is 0.221 e. The average Bonchev–Trinajstić information content (AvgIpc) is 3.11. The summed E-state index contributed by atoms with van der Waals surface area (Å²) in [6.07, 6.45) is 8.76. The van der Waals surface area contributed by atoms with Crippen LogP contribution < -0.4 is 5.32 Å². The Morgan fingerprint density at radius 3 is 2.66 bits per heavy atom. The number of aryl methyl sites for hydroxylation is 2. The summed E-state index contributed by atoms with van der Waals surface area (Å²) in [5.41, 5.74) is 4.96. The molecule has 29 heavy (non-hydrogen) atoms. The van der Waals surface area contributed by atoms with Gasteiger partial charge >= 0.3 is 0 Å². The minimum absolute atomic E-state index is 0.0659. The minimum atomic E-state index is 0.0659. The molecule has 2 aromatic carbocycles. The standard InChI is InChI=1S/C26H32N2O/c1-3-28-18-24(22-14-7-8-15-25(22)28)23(20-11-9-10-19(2)16-20)17-26(29)27-21-12-5-4-6-13-21/h7-11,14-16,18,21,23H,3-6,12-13,17H2,1-2H3,(H,27,29)/t23-/m0/s1. The maximum atomic E-state index is 13.0. The van der Waals surface area contributed by atoms with Crippen LogP contribution in [0.2, 0.25) is 0 Å². The normalized spacial score (nSPS) is 16.1. The van der Waals surface area contributed by atoms with Gasteiger partial charge in [0.2, 0.25) is 5.91 Å². The van der Waals surface area contributed by atoms with Gasteiger partial charge in [0.05, 0.1) is 0 Å². The zero-order valence-electron chi connectivity index (χ0n) is 17.7. The van der Waals surface area contributed by atoms with Gasteiger partial charge in [-0.15, -0.1) is 0 Å². The van der Waals surface area contributed by atoms with Gasteiger partial charge in [-0.2, -0.15) is 0 Å². The van der Waals surface area contributed by atoms with Crippen molar-refractivity contribution in [2.75, 3.05) is 0 Å². The molecule has 0 aliphatic heterocycles. The van der Waals surface area contributed by atoms with Crippen LogP contribution in [-0.2, 0) is 11.3 Å². The number of carbonyl (C=O) groups is 1. The molecule has 1 aliphatic rings. The van der Waals surface area contributed by atoms with Crippen molar-refractivity contribution in [3.63, 3.8) is 0 Å². The third-order valence-corrected chi connectivity index (χ3v) is 6.34. The largest absolute Gasteiger partial charge is 0.353 e. The Morgan fingerprint density at radius 2 is 1.90 bits per heavy atom. The number of benzene rings is 2. The highest BCUT2D eigenvalue weighted by Crippen LogP contribution is 2.35. The minimum Gasteiger partial charge on any atom is -0.353 e. The van der Waals surface area contributed by atoms with Gasteiger partial charge in [0, 0.05) is 42.0 Å². The monoisotopic (exact) mass is 388 g/mol. The number of nitrogens with zero attached hydrogens (tertiary/aromatic N) is 1. The highest BCUT2D eigenvalue weighted by Gasteiger charge is 2.24. The molecule has 1 amide bonds. The van der Waals surface area contributed by atoms with Gasteiger partial charge in [-0.25, -0.2) is 0 Å². The summed E-state index contributed by atoms with van der Waals surface area (Å²) < 4.78 is 2.30. The van der Waals surface area contributed by atoms with Crippen molar-refractivity contribution in [3.8, 4) is 0 Å². The van der Waals surface area contributed by atoms with Crippen molar-refractivity contribution in [3.05, 3.63) is 71.4 Å². The van der Waals surface area contributed by atoms with Crippen LogP contribution >= 0.6 is 0 Å². The lowest BCUT2D eigenvalue weighted by atomic mass is 9.87. The molecule has 1 saturated carbocycles.